The van der Waals surface area contributed by atoms with Crippen LogP contribution in [-0.4, -0.2) is 11.4 Å². The number of hydrogen-bond donors (Lipinski definition) is 1. The first-order valence-corrected chi connectivity index (χ1v) is 6.92. The lowest BCUT2D eigenvalue weighted by Gasteiger charge is -2.22. The molecule has 1 N–H and O–H groups in total. The largest absolute Gasteiger partial charge is 0.334 e. The van der Waals surface area contributed by atoms with Gasteiger partial charge in [-0.2, -0.15) is 5.26 Å². The van der Waals surface area contributed by atoms with Crippen LogP contribution in [0.15, 0.2) is 22.7 Å². The summed E-state index contributed by atoms with van der Waals surface area (Å²) in [6.45, 7) is 0. The molecule has 18 heavy (non-hydrogen) atoms. The fourth-order valence-corrected chi connectivity index (χ4v) is 2.60. The second-order valence-corrected chi connectivity index (χ2v) is 5.75. The van der Waals surface area contributed by atoms with E-state index in [9.17, 15) is 10.1 Å². The van der Waals surface area contributed by atoms with Gasteiger partial charge in [0.05, 0.1) is 11.1 Å². The molecule has 0 unspecified atom stereocenters. The van der Waals surface area contributed by atoms with Crippen LogP contribution in [0.3, 0.4) is 0 Å². The average Bonchev–Trinajstić information content (AvgIpc) is 2.82. The first kappa shape index (κ1) is 13.4. The number of halogens is 2. The molecule has 0 atom stereocenters. The number of hydrogen-bond acceptors (Lipinski definition) is 2. The van der Waals surface area contributed by atoms with E-state index >= 15 is 0 Å². The SMILES string of the molecule is N#CC1(NC(=O)c2ccc(Br)c(Cl)c2)CCCC1. The van der Waals surface area contributed by atoms with Crippen molar-refractivity contribution in [3.8, 4) is 6.07 Å². The Labute approximate surface area is 119 Å². The third-order valence-corrected chi connectivity index (χ3v) is 4.44. The van der Waals surface area contributed by atoms with Crippen LogP contribution in [0.25, 0.3) is 0 Å². The van der Waals surface area contributed by atoms with Crippen molar-refractivity contribution in [2.24, 2.45) is 0 Å². The first-order chi connectivity index (χ1) is 8.56. The summed E-state index contributed by atoms with van der Waals surface area (Å²) in [5.74, 6) is -0.243. The van der Waals surface area contributed by atoms with Crippen molar-refractivity contribution in [2.45, 2.75) is 31.2 Å². The molecule has 0 aromatic heterocycles. The monoisotopic (exact) mass is 326 g/mol. The summed E-state index contributed by atoms with van der Waals surface area (Å²) in [5.41, 5.74) is -0.221. The molecule has 2 rings (SSSR count). The number of amides is 1. The summed E-state index contributed by atoms with van der Waals surface area (Å²) in [7, 11) is 0. The molecule has 1 saturated carbocycles. The lowest BCUT2D eigenvalue weighted by atomic mass is 9.99. The van der Waals surface area contributed by atoms with Crippen molar-refractivity contribution < 1.29 is 4.79 Å². The van der Waals surface area contributed by atoms with Gasteiger partial charge in [-0.3, -0.25) is 4.79 Å². The van der Waals surface area contributed by atoms with Gasteiger partial charge < -0.3 is 5.32 Å². The van der Waals surface area contributed by atoms with E-state index in [-0.39, 0.29) is 5.91 Å². The average molecular weight is 328 g/mol. The predicted molar refractivity (Wildman–Crippen MR) is 73.4 cm³/mol. The van der Waals surface area contributed by atoms with Crippen LogP contribution in [0.5, 0.6) is 0 Å². The maximum Gasteiger partial charge on any atom is 0.252 e. The lowest BCUT2D eigenvalue weighted by Crippen LogP contribution is -2.45. The number of nitrogens with zero attached hydrogens (tertiary/aromatic N) is 1. The molecule has 0 saturated heterocycles. The molecule has 5 heteroatoms. The molecule has 1 fully saturated rings. The molecule has 94 valence electrons. The van der Waals surface area contributed by atoms with Gasteiger partial charge in [0.25, 0.3) is 5.91 Å². The number of benzene rings is 1. The molecule has 0 spiro atoms. The van der Waals surface area contributed by atoms with Crippen molar-refractivity contribution in [3.05, 3.63) is 33.3 Å². The highest BCUT2D eigenvalue weighted by Gasteiger charge is 2.35. The van der Waals surface area contributed by atoms with E-state index in [1.54, 1.807) is 18.2 Å². The molecular weight excluding hydrogens is 316 g/mol. The Morgan fingerprint density at radius 1 is 1.44 bits per heavy atom. The minimum Gasteiger partial charge on any atom is -0.334 e. The number of nitriles is 1. The summed E-state index contributed by atoms with van der Waals surface area (Å²) in [5, 5.41) is 12.5. The van der Waals surface area contributed by atoms with E-state index in [1.807, 2.05) is 0 Å². The van der Waals surface area contributed by atoms with Crippen LogP contribution < -0.4 is 5.32 Å². The molecule has 0 bridgehead atoms. The van der Waals surface area contributed by atoms with Crippen LogP contribution in [0.2, 0.25) is 5.02 Å². The minimum absolute atomic E-state index is 0.243. The molecule has 1 aromatic carbocycles. The van der Waals surface area contributed by atoms with Gasteiger partial charge in [0, 0.05) is 10.0 Å². The second kappa shape index (κ2) is 5.29. The number of carbonyl (C=O) groups excluding carboxylic acids is 1. The van der Waals surface area contributed by atoms with Gasteiger partial charge in [-0.15, -0.1) is 0 Å². The summed E-state index contributed by atoms with van der Waals surface area (Å²) in [6.07, 6.45) is 3.41. The number of nitrogens with one attached hydrogen (secondary N) is 1. The third-order valence-electron chi connectivity index (χ3n) is 3.21. The van der Waals surface area contributed by atoms with Crippen LogP contribution in [-0.2, 0) is 0 Å². The Kier molecular flexibility index (Phi) is 3.94. The topological polar surface area (TPSA) is 52.9 Å². The van der Waals surface area contributed by atoms with Crippen molar-refractivity contribution in [1.82, 2.24) is 5.32 Å². The Bertz CT molecular complexity index is 518. The summed E-state index contributed by atoms with van der Waals surface area (Å²) in [6, 6.07) is 7.24. The summed E-state index contributed by atoms with van der Waals surface area (Å²) < 4.78 is 0.747. The van der Waals surface area contributed by atoms with E-state index in [0.29, 0.717) is 10.6 Å². The Morgan fingerprint density at radius 2 is 2.11 bits per heavy atom. The number of rotatable bonds is 2. The first-order valence-electron chi connectivity index (χ1n) is 5.75. The van der Waals surface area contributed by atoms with Crippen molar-refractivity contribution in [2.75, 3.05) is 0 Å². The zero-order chi connectivity index (χ0) is 13.2. The maximum absolute atomic E-state index is 12.1. The molecule has 1 aromatic rings. The van der Waals surface area contributed by atoms with Crippen molar-refractivity contribution >= 4 is 33.4 Å². The van der Waals surface area contributed by atoms with Crippen molar-refractivity contribution in [3.63, 3.8) is 0 Å². The molecule has 1 aliphatic rings. The van der Waals surface area contributed by atoms with Gasteiger partial charge in [0.1, 0.15) is 5.54 Å². The Hall–Kier alpha value is -1.05. The quantitative estimate of drug-likeness (QED) is 0.901. The van der Waals surface area contributed by atoms with Gasteiger partial charge in [-0.1, -0.05) is 11.6 Å². The molecule has 0 radical (unpaired) electrons. The van der Waals surface area contributed by atoms with E-state index in [0.717, 1.165) is 30.2 Å². The van der Waals surface area contributed by atoms with E-state index in [1.165, 1.54) is 0 Å². The van der Waals surface area contributed by atoms with Crippen LogP contribution in [0.4, 0.5) is 0 Å². The van der Waals surface area contributed by atoms with E-state index < -0.39 is 5.54 Å². The van der Waals surface area contributed by atoms with Gasteiger partial charge in [-0.05, 0) is 59.8 Å². The van der Waals surface area contributed by atoms with Gasteiger partial charge in [0.15, 0.2) is 0 Å². The smallest absolute Gasteiger partial charge is 0.252 e. The van der Waals surface area contributed by atoms with Crippen molar-refractivity contribution in [1.29, 1.82) is 5.26 Å². The third kappa shape index (κ3) is 2.68. The normalized spacial score (nSPS) is 17.2. The van der Waals surface area contributed by atoms with Crippen LogP contribution in [0, 0.1) is 11.3 Å². The zero-order valence-corrected chi connectivity index (χ0v) is 12.0. The zero-order valence-electron chi connectivity index (χ0n) is 9.67. The molecule has 0 heterocycles. The van der Waals surface area contributed by atoms with E-state index in [2.05, 4.69) is 27.3 Å². The van der Waals surface area contributed by atoms with Gasteiger partial charge in [-0.25, -0.2) is 0 Å². The summed E-state index contributed by atoms with van der Waals surface area (Å²) in [4.78, 5) is 12.1. The Morgan fingerprint density at radius 3 is 2.67 bits per heavy atom. The molecular formula is C13H12BrClN2O. The van der Waals surface area contributed by atoms with Crippen LogP contribution >= 0.6 is 27.5 Å². The highest BCUT2D eigenvalue weighted by Crippen LogP contribution is 2.29. The predicted octanol–water partition coefficient (Wildman–Crippen LogP) is 3.67. The minimum atomic E-state index is -0.698. The fraction of sp³-hybridized carbons (Fsp3) is 0.385. The van der Waals surface area contributed by atoms with Gasteiger partial charge >= 0.3 is 0 Å². The summed E-state index contributed by atoms with van der Waals surface area (Å²) >= 11 is 9.23. The van der Waals surface area contributed by atoms with E-state index in [4.69, 9.17) is 11.6 Å². The molecule has 3 nitrogen and oxygen atoms in total. The second-order valence-electron chi connectivity index (χ2n) is 4.48. The highest BCUT2D eigenvalue weighted by molar-refractivity contribution is 9.10. The van der Waals surface area contributed by atoms with Gasteiger partial charge in [0.2, 0.25) is 0 Å². The lowest BCUT2D eigenvalue weighted by molar-refractivity contribution is 0.0920. The van der Waals surface area contributed by atoms with Crippen LogP contribution in [0.1, 0.15) is 36.0 Å². The molecule has 1 aliphatic carbocycles. The standard InChI is InChI=1S/C13H12BrClN2O/c14-10-4-3-9(7-11(10)15)12(18)17-13(8-16)5-1-2-6-13/h3-4,7H,1-2,5-6H2,(H,17,18). The molecule has 1 amide bonds. The fourth-order valence-electron chi connectivity index (χ4n) is 2.17. The Balaban J connectivity index is 2.17. The maximum atomic E-state index is 12.1. The highest BCUT2D eigenvalue weighted by atomic mass is 79.9. The number of carbonyl (C=O) groups is 1. The molecule has 0 aliphatic heterocycles.